The maximum atomic E-state index is 2.39. The minimum atomic E-state index is 0.937. The summed E-state index contributed by atoms with van der Waals surface area (Å²) in [6, 6.07) is 0. The molecule has 0 saturated heterocycles. The van der Waals surface area contributed by atoms with Gasteiger partial charge in [-0.25, -0.2) is 0 Å². The maximum Gasteiger partial charge on any atom is -0.0167 e. The smallest absolute Gasteiger partial charge is 0.0167 e. The molecule has 0 aromatic rings. The highest BCUT2D eigenvalue weighted by atomic mass is 14.2. The van der Waals surface area contributed by atoms with Crippen LogP contribution in [0.5, 0.6) is 0 Å². The van der Waals surface area contributed by atoms with Gasteiger partial charge in [0.1, 0.15) is 0 Å². The summed E-state index contributed by atoms with van der Waals surface area (Å²) < 4.78 is 0. The molecule has 1 fully saturated rings. The lowest BCUT2D eigenvalue weighted by Gasteiger charge is -1.94. The highest BCUT2D eigenvalue weighted by Gasteiger charge is 2.13. The Kier molecular flexibility index (Phi) is 3.41. The predicted octanol–water partition coefficient (Wildman–Crippen LogP) is 3.70. The molecule has 0 N–H and O–H groups in total. The van der Waals surface area contributed by atoms with Crippen LogP contribution in [0.25, 0.3) is 0 Å². The predicted molar refractivity (Wildman–Crippen MR) is 50.5 cm³/mol. The van der Waals surface area contributed by atoms with E-state index < -0.39 is 0 Å². The summed E-state index contributed by atoms with van der Waals surface area (Å²) in [6.45, 7) is 4.42. The van der Waals surface area contributed by atoms with Crippen LogP contribution >= 0.6 is 0 Å². The zero-order valence-corrected chi connectivity index (χ0v) is 7.64. The van der Waals surface area contributed by atoms with E-state index in [9.17, 15) is 0 Å². The van der Waals surface area contributed by atoms with Crippen molar-refractivity contribution >= 4 is 0 Å². The van der Waals surface area contributed by atoms with Gasteiger partial charge in [-0.3, -0.25) is 0 Å². The molecule has 11 heavy (non-hydrogen) atoms. The maximum absolute atomic E-state index is 2.39. The molecule has 0 radical (unpaired) electrons. The summed E-state index contributed by atoms with van der Waals surface area (Å²) in [5, 5.41) is 0. The van der Waals surface area contributed by atoms with E-state index in [2.05, 4.69) is 32.1 Å². The molecule has 0 amide bonds. The van der Waals surface area contributed by atoms with Gasteiger partial charge in [-0.15, -0.1) is 0 Å². The average Bonchev–Trinajstić information content (AvgIpc) is 2.37. The normalized spacial score (nSPS) is 28.9. The lowest BCUT2D eigenvalue weighted by molar-refractivity contribution is 0.620. The Hall–Kier alpha value is -0.520. The number of allylic oxidation sites excluding steroid dienone is 4. The Balaban J connectivity index is 2.30. The molecule has 62 valence electrons. The van der Waals surface area contributed by atoms with E-state index in [1.165, 1.54) is 19.3 Å². The van der Waals surface area contributed by atoms with Crippen molar-refractivity contribution in [3.8, 4) is 0 Å². The van der Waals surface area contributed by atoms with Gasteiger partial charge in [0, 0.05) is 0 Å². The van der Waals surface area contributed by atoms with E-state index in [-0.39, 0.29) is 0 Å². The van der Waals surface area contributed by atoms with Gasteiger partial charge < -0.3 is 0 Å². The first kappa shape index (κ1) is 8.58. The minimum Gasteiger partial charge on any atom is -0.0914 e. The van der Waals surface area contributed by atoms with Crippen LogP contribution in [0.15, 0.2) is 23.8 Å². The first-order chi connectivity index (χ1) is 5.33. The highest BCUT2D eigenvalue weighted by molar-refractivity contribution is 5.09. The minimum absolute atomic E-state index is 0.937. The van der Waals surface area contributed by atoms with Crippen LogP contribution in [0.3, 0.4) is 0 Å². The van der Waals surface area contributed by atoms with Gasteiger partial charge in [-0.1, -0.05) is 30.7 Å². The molecule has 0 nitrogen and oxygen atoms in total. The van der Waals surface area contributed by atoms with Crippen molar-refractivity contribution in [1.29, 1.82) is 0 Å². The number of hydrogen-bond donors (Lipinski definition) is 0. The van der Waals surface area contributed by atoms with Crippen molar-refractivity contribution in [3.63, 3.8) is 0 Å². The van der Waals surface area contributed by atoms with E-state index in [0.29, 0.717) is 0 Å². The zero-order valence-electron chi connectivity index (χ0n) is 7.64. The van der Waals surface area contributed by atoms with Crippen molar-refractivity contribution in [3.05, 3.63) is 23.8 Å². The van der Waals surface area contributed by atoms with Crippen LogP contribution in [0.1, 0.15) is 39.5 Å². The number of rotatable bonds is 2. The summed E-state index contributed by atoms with van der Waals surface area (Å²) in [7, 11) is 0. The third kappa shape index (κ3) is 2.92. The molecule has 0 aromatic heterocycles. The lowest BCUT2D eigenvalue weighted by atomic mass is 10.1. The second-order valence-electron chi connectivity index (χ2n) is 3.52. The Morgan fingerprint density at radius 3 is 2.91 bits per heavy atom. The van der Waals surface area contributed by atoms with Gasteiger partial charge in [-0.05, 0) is 38.5 Å². The van der Waals surface area contributed by atoms with Crippen molar-refractivity contribution in [2.45, 2.75) is 39.5 Å². The van der Waals surface area contributed by atoms with Crippen molar-refractivity contribution in [2.24, 2.45) is 5.92 Å². The topological polar surface area (TPSA) is 0 Å². The molecule has 1 aliphatic rings. The summed E-state index contributed by atoms with van der Waals surface area (Å²) in [4.78, 5) is 0. The van der Waals surface area contributed by atoms with Crippen molar-refractivity contribution < 1.29 is 0 Å². The quantitative estimate of drug-likeness (QED) is 0.526. The molecule has 1 aliphatic carbocycles. The molecule has 1 unspecified atom stereocenters. The van der Waals surface area contributed by atoms with Gasteiger partial charge in [0.25, 0.3) is 0 Å². The Bertz CT molecular complexity index is 163. The van der Waals surface area contributed by atoms with Crippen LogP contribution in [0.2, 0.25) is 0 Å². The average molecular weight is 150 g/mol. The summed E-state index contributed by atoms with van der Waals surface area (Å²) >= 11 is 0. The molecule has 1 saturated carbocycles. The van der Waals surface area contributed by atoms with E-state index in [4.69, 9.17) is 0 Å². The van der Waals surface area contributed by atoms with Crippen LogP contribution in [0, 0.1) is 5.92 Å². The molecule has 0 spiro atoms. The fourth-order valence-electron chi connectivity index (χ4n) is 1.64. The molecule has 1 atom stereocenters. The first-order valence-electron chi connectivity index (χ1n) is 4.62. The molecule has 1 rings (SSSR count). The molecular weight excluding hydrogens is 132 g/mol. The van der Waals surface area contributed by atoms with E-state index in [0.717, 1.165) is 12.3 Å². The Morgan fingerprint density at radius 2 is 2.36 bits per heavy atom. The largest absolute Gasteiger partial charge is 0.0914 e. The first-order valence-corrected chi connectivity index (χ1v) is 4.62. The van der Waals surface area contributed by atoms with Gasteiger partial charge in [-0.2, -0.15) is 0 Å². The summed E-state index contributed by atoms with van der Waals surface area (Å²) in [5.41, 5.74) is 1.68. The summed E-state index contributed by atoms with van der Waals surface area (Å²) in [6.07, 6.45) is 12.0. The fourth-order valence-corrected chi connectivity index (χ4v) is 1.64. The highest BCUT2D eigenvalue weighted by Crippen LogP contribution is 2.29. The second-order valence-corrected chi connectivity index (χ2v) is 3.52. The third-order valence-corrected chi connectivity index (χ3v) is 2.35. The van der Waals surface area contributed by atoms with Crippen LogP contribution in [0.4, 0.5) is 0 Å². The number of hydrogen-bond acceptors (Lipinski definition) is 0. The van der Waals surface area contributed by atoms with E-state index >= 15 is 0 Å². The van der Waals surface area contributed by atoms with Gasteiger partial charge in [0.05, 0.1) is 0 Å². The molecule has 0 heteroatoms. The second kappa shape index (κ2) is 4.38. The van der Waals surface area contributed by atoms with Crippen LogP contribution in [-0.2, 0) is 0 Å². The van der Waals surface area contributed by atoms with Gasteiger partial charge in [0.2, 0.25) is 0 Å². The monoisotopic (exact) mass is 150 g/mol. The molecule has 0 aliphatic heterocycles. The van der Waals surface area contributed by atoms with Gasteiger partial charge >= 0.3 is 0 Å². The fraction of sp³-hybridized carbons (Fsp3) is 0.636. The Morgan fingerprint density at radius 1 is 1.55 bits per heavy atom. The molecule has 0 bridgehead atoms. The van der Waals surface area contributed by atoms with E-state index in [1.807, 2.05) is 0 Å². The zero-order chi connectivity index (χ0) is 8.10. The lowest BCUT2D eigenvalue weighted by Crippen LogP contribution is -1.80. The molecular formula is C11H18. The third-order valence-electron chi connectivity index (χ3n) is 2.35. The van der Waals surface area contributed by atoms with Crippen molar-refractivity contribution in [2.75, 3.05) is 0 Å². The molecule has 0 aromatic carbocycles. The Labute approximate surface area is 70.0 Å². The molecule has 0 heterocycles. The summed E-state index contributed by atoms with van der Waals surface area (Å²) in [5.74, 6) is 0.937. The van der Waals surface area contributed by atoms with Crippen LogP contribution < -0.4 is 0 Å². The standard InChI is InChI=1S/C11H18/c1-3-4-5-6-11-8-7-10(2)9-11/h3-4,6,10H,5,7-9H2,1-2H3. The van der Waals surface area contributed by atoms with Crippen molar-refractivity contribution in [1.82, 2.24) is 0 Å². The van der Waals surface area contributed by atoms with Gasteiger partial charge in [0.15, 0.2) is 0 Å². The SMILES string of the molecule is CC=CCC=C1CCC(C)C1. The van der Waals surface area contributed by atoms with Crippen LogP contribution in [-0.4, -0.2) is 0 Å². The van der Waals surface area contributed by atoms with E-state index in [1.54, 1.807) is 5.57 Å².